The second kappa shape index (κ2) is 6.73. The van der Waals surface area contributed by atoms with Gasteiger partial charge >= 0.3 is 0 Å². The minimum Gasteiger partial charge on any atom is -0.393 e. The van der Waals surface area contributed by atoms with Crippen LogP contribution in [0, 0.1) is 0 Å². The van der Waals surface area contributed by atoms with Crippen molar-refractivity contribution in [2.24, 2.45) is 0 Å². The summed E-state index contributed by atoms with van der Waals surface area (Å²) in [7, 11) is 0. The van der Waals surface area contributed by atoms with Crippen molar-refractivity contribution in [3.05, 3.63) is 30.2 Å². The SMILES string of the molecule is CCSc1ccc(-c2noc(CC(O)CC)n2)cc1. The van der Waals surface area contributed by atoms with Gasteiger partial charge in [-0.15, -0.1) is 11.8 Å². The lowest BCUT2D eigenvalue weighted by Gasteiger charge is -2.01. The summed E-state index contributed by atoms with van der Waals surface area (Å²) in [5.41, 5.74) is 0.932. The van der Waals surface area contributed by atoms with Crippen LogP contribution in [0.5, 0.6) is 0 Å². The molecule has 1 heterocycles. The van der Waals surface area contributed by atoms with Crippen molar-refractivity contribution in [2.75, 3.05) is 5.75 Å². The van der Waals surface area contributed by atoms with Crippen molar-refractivity contribution in [3.63, 3.8) is 0 Å². The van der Waals surface area contributed by atoms with Gasteiger partial charge in [0.1, 0.15) is 0 Å². The normalized spacial score (nSPS) is 12.6. The van der Waals surface area contributed by atoms with E-state index in [9.17, 15) is 5.11 Å². The molecule has 0 radical (unpaired) electrons. The van der Waals surface area contributed by atoms with Crippen LogP contribution < -0.4 is 0 Å². The van der Waals surface area contributed by atoms with Gasteiger partial charge in [-0.25, -0.2) is 0 Å². The van der Waals surface area contributed by atoms with Crippen LogP contribution in [0.15, 0.2) is 33.7 Å². The summed E-state index contributed by atoms with van der Waals surface area (Å²) in [6.07, 6.45) is 0.671. The van der Waals surface area contributed by atoms with Gasteiger partial charge in [0.15, 0.2) is 0 Å². The van der Waals surface area contributed by atoms with Crippen LogP contribution in [-0.4, -0.2) is 27.1 Å². The molecule has 0 fully saturated rings. The van der Waals surface area contributed by atoms with Crippen molar-refractivity contribution in [1.29, 1.82) is 0 Å². The maximum atomic E-state index is 9.56. The van der Waals surface area contributed by atoms with E-state index in [4.69, 9.17) is 4.52 Å². The minimum atomic E-state index is -0.420. The highest BCUT2D eigenvalue weighted by Crippen LogP contribution is 2.22. The fourth-order valence-electron chi connectivity index (χ4n) is 1.67. The van der Waals surface area contributed by atoms with E-state index >= 15 is 0 Å². The fourth-order valence-corrected chi connectivity index (χ4v) is 2.33. The van der Waals surface area contributed by atoms with Gasteiger partial charge < -0.3 is 9.63 Å². The molecule has 1 aromatic heterocycles. The monoisotopic (exact) mass is 278 g/mol. The summed E-state index contributed by atoms with van der Waals surface area (Å²) in [5.74, 6) is 2.11. The summed E-state index contributed by atoms with van der Waals surface area (Å²) in [6.45, 7) is 4.05. The Labute approximate surface area is 117 Å². The largest absolute Gasteiger partial charge is 0.393 e. The van der Waals surface area contributed by atoms with Crippen molar-refractivity contribution in [1.82, 2.24) is 10.1 Å². The molecule has 0 amide bonds. The standard InChI is InChI=1S/C14H18N2O2S/c1-3-11(17)9-13-15-14(16-18-13)10-5-7-12(8-6-10)19-4-2/h5-8,11,17H,3-4,9H2,1-2H3. The molecule has 0 saturated carbocycles. The Kier molecular flexibility index (Phi) is 4.99. The molecule has 0 aliphatic carbocycles. The molecule has 0 aliphatic rings. The minimum absolute atomic E-state index is 0.410. The Morgan fingerprint density at radius 3 is 2.63 bits per heavy atom. The molecule has 2 aromatic rings. The van der Waals surface area contributed by atoms with Crippen LogP contribution in [0.4, 0.5) is 0 Å². The Hall–Kier alpha value is -1.33. The first-order valence-electron chi connectivity index (χ1n) is 6.46. The number of benzene rings is 1. The smallest absolute Gasteiger partial charge is 0.229 e. The van der Waals surface area contributed by atoms with Gasteiger partial charge in [-0.1, -0.05) is 19.0 Å². The maximum absolute atomic E-state index is 9.56. The molecule has 1 atom stereocenters. The molecular weight excluding hydrogens is 260 g/mol. The first kappa shape index (κ1) is 14.1. The number of aliphatic hydroxyl groups is 1. The van der Waals surface area contributed by atoms with Crippen LogP contribution in [0.25, 0.3) is 11.4 Å². The zero-order valence-electron chi connectivity index (χ0n) is 11.2. The van der Waals surface area contributed by atoms with Crippen molar-refractivity contribution >= 4 is 11.8 Å². The molecule has 1 unspecified atom stereocenters. The van der Waals surface area contributed by atoms with Gasteiger partial charge in [-0.3, -0.25) is 0 Å². The summed E-state index contributed by atoms with van der Waals surface area (Å²) in [6, 6.07) is 8.09. The van der Waals surface area contributed by atoms with Gasteiger partial charge in [-0.2, -0.15) is 4.98 Å². The van der Waals surface area contributed by atoms with Gasteiger partial charge in [-0.05, 0) is 36.4 Å². The van der Waals surface area contributed by atoms with Crippen molar-refractivity contribution in [3.8, 4) is 11.4 Å². The number of nitrogens with zero attached hydrogens (tertiary/aromatic N) is 2. The quantitative estimate of drug-likeness (QED) is 0.822. The third-order valence-corrected chi connectivity index (χ3v) is 3.67. The van der Waals surface area contributed by atoms with E-state index < -0.39 is 6.10 Å². The molecule has 0 bridgehead atoms. The highest BCUT2D eigenvalue weighted by Gasteiger charge is 2.12. The number of aromatic nitrogens is 2. The van der Waals surface area contributed by atoms with Crippen LogP contribution >= 0.6 is 11.8 Å². The van der Waals surface area contributed by atoms with Crippen LogP contribution in [-0.2, 0) is 6.42 Å². The molecule has 0 spiro atoms. The molecule has 4 nitrogen and oxygen atoms in total. The van der Waals surface area contributed by atoms with E-state index in [1.54, 1.807) is 11.8 Å². The molecule has 2 rings (SSSR count). The predicted octanol–water partition coefficient (Wildman–Crippen LogP) is 3.16. The van der Waals surface area contributed by atoms with E-state index in [1.165, 1.54) is 4.90 Å². The van der Waals surface area contributed by atoms with Gasteiger partial charge in [0.25, 0.3) is 0 Å². The lowest BCUT2D eigenvalue weighted by atomic mass is 10.2. The fraction of sp³-hybridized carbons (Fsp3) is 0.429. The third kappa shape index (κ3) is 3.81. The summed E-state index contributed by atoms with van der Waals surface area (Å²) < 4.78 is 5.14. The van der Waals surface area contributed by atoms with Crippen LogP contribution in [0.3, 0.4) is 0 Å². The van der Waals surface area contributed by atoms with E-state index in [0.717, 1.165) is 11.3 Å². The van der Waals surface area contributed by atoms with Crippen LogP contribution in [0.1, 0.15) is 26.2 Å². The average molecular weight is 278 g/mol. The van der Waals surface area contributed by atoms with Gasteiger partial charge in [0.2, 0.25) is 11.7 Å². The van der Waals surface area contributed by atoms with E-state index in [0.29, 0.717) is 24.6 Å². The summed E-state index contributed by atoms with van der Waals surface area (Å²) in [5, 5.41) is 13.5. The second-order valence-corrected chi connectivity index (χ2v) is 5.57. The Balaban J connectivity index is 2.09. The zero-order valence-corrected chi connectivity index (χ0v) is 12.0. The number of hydrogen-bond donors (Lipinski definition) is 1. The molecule has 0 aliphatic heterocycles. The highest BCUT2D eigenvalue weighted by atomic mass is 32.2. The molecule has 1 N–H and O–H groups in total. The Morgan fingerprint density at radius 2 is 2.00 bits per heavy atom. The summed E-state index contributed by atoms with van der Waals surface area (Å²) in [4.78, 5) is 5.53. The Bertz CT molecular complexity index is 510. The molecule has 19 heavy (non-hydrogen) atoms. The second-order valence-electron chi connectivity index (χ2n) is 4.24. The van der Waals surface area contributed by atoms with E-state index in [1.807, 2.05) is 19.1 Å². The molecule has 5 heteroatoms. The number of aliphatic hydroxyl groups excluding tert-OH is 1. The van der Waals surface area contributed by atoms with Crippen LogP contribution in [0.2, 0.25) is 0 Å². The lowest BCUT2D eigenvalue weighted by molar-refractivity contribution is 0.158. The maximum Gasteiger partial charge on any atom is 0.229 e. The highest BCUT2D eigenvalue weighted by molar-refractivity contribution is 7.99. The summed E-state index contributed by atoms with van der Waals surface area (Å²) >= 11 is 1.80. The first-order chi connectivity index (χ1) is 9.22. The van der Waals surface area contributed by atoms with Gasteiger partial charge in [0.05, 0.1) is 12.5 Å². The molecule has 1 aromatic carbocycles. The molecular formula is C14H18N2O2S. The first-order valence-corrected chi connectivity index (χ1v) is 7.45. The molecule has 0 saturated heterocycles. The average Bonchev–Trinajstić information content (AvgIpc) is 2.88. The van der Waals surface area contributed by atoms with E-state index in [-0.39, 0.29) is 0 Å². The Morgan fingerprint density at radius 1 is 1.26 bits per heavy atom. The zero-order chi connectivity index (χ0) is 13.7. The third-order valence-electron chi connectivity index (χ3n) is 2.77. The number of thioether (sulfide) groups is 1. The number of hydrogen-bond acceptors (Lipinski definition) is 5. The van der Waals surface area contributed by atoms with E-state index in [2.05, 4.69) is 29.2 Å². The van der Waals surface area contributed by atoms with Gasteiger partial charge in [0, 0.05) is 10.5 Å². The topological polar surface area (TPSA) is 59.2 Å². The van der Waals surface area contributed by atoms with Crippen molar-refractivity contribution in [2.45, 2.75) is 37.7 Å². The number of rotatable bonds is 6. The predicted molar refractivity (Wildman–Crippen MR) is 76.1 cm³/mol. The van der Waals surface area contributed by atoms with Crippen molar-refractivity contribution < 1.29 is 9.63 Å². The molecule has 102 valence electrons. The lowest BCUT2D eigenvalue weighted by Crippen LogP contribution is -2.08.